The number of halogens is 2. The van der Waals surface area contributed by atoms with E-state index in [1.54, 1.807) is 0 Å². The third-order valence-corrected chi connectivity index (χ3v) is 5.85. The summed E-state index contributed by atoms with van der Waals surface area (Å²) in [6, 6.07) is 19.1. The van der Waals surface area contributed by atoms with Crippen LogP contribution >= 0.6 is 0 Å². The van der Waals surface area contributed by atoms with Crippen molar-refractivity contribution in [3.05, 3.63) is 89.0 Å². The third kappa shape index (κ3) is 4.98. The second-order valence-corrected chi connectivity index (χ2v) is 8.17. The molecule has 9 heteroatoms. The Labute approximate surface area is 199 Å². The Morgan fingerprint density at radius 2 is 1.57 bits per heavy atom. The molecule has 0 saturated carbocycles. The molecule has 0 unspecified atom stereocenters. The van der Waals surface area contributed by atoms with Gasteiger partial charge >= 0.3 is 18.0 Å². The molecule has 7 nitrogen and oxygen atoms in total. The van der Waals surface area contributed by atoms with Gasteiger partial charge in [0.2, 0.25) is 0 Å². The Hall–Kier alpha value is -4.27. The first kappa shape index (κ1) is 23.9. The summed E-state index contributed by atoms with van der Waals surface area (Å²) in [6.07, 6.45) is -1.07. The number of amides is 2. The molecule has 0 fully saturated rings. The standard InChI is InChI=1S/C26H22F2N2O5/c1-15-12-16(10-11-17(15)23(31)32)30-24(33)26(27,28)14-29-25(34)35-13-22-20-8-4-2-6-18(20)19-7-3-5-9-21(19)22/h2-12,22H,13-14H2,1H3,(H,29,34)(H,30,33)(H,31,32). The van der Waals surface area contributed by atoms with Crippen LogP contribution in [0.1, 0.15) is 33.0 Å². The third-order valence-electron chi connectivity index (χ3n) is 5.85. The van der Waals surface area contributed by atoms with Crippen LogP contribution in [0.5, 0.6) is 0 Å². The topological polar surface area (TPSA) is 105 Å². The molecule has 2 amide bonds. The number of carboxylic acids is 1. The van der Waals surface area contributed by atoms with E-state index < -0.39 is 30.4 Å². The van der Waals surface area contributed by atoms with E-state index in [0.29, 0.717) is 5.56 Å². The number of alkyl halides is 2. The Balaban J connectivity index is 1.33. The van der Waals surface area contributed by atoms with Gasteiger partial charge in [0.15, 0.2) is 0 Å². The van der Waals surface area contributed by atoms with Crippen molar-refractivity contribution in [1.82, 2.24) is 5.32 Å². The Morgan fingerprint density at radius 1 is 0.971 bits per heavy atom. The van der Waals surface area contributed by atoms with Crippen molar-refractivity contribution in [2.45, 2.75) is 18.8 Å². The lowest BCUT2D eigenvalue weighted by Gasteiger charge is -2.18. The maximum absolute atomic E-state index is 14.3. The largest absolute Gasteiger partial charge is 0.478 e. The molecule has 0 atom stereocenters. The zero-order chi connectivity index (χ0) is 25.2. The summed E-state index contributed by atoms with van der Waals surface area (Å²) in [5, 5.41) is 13.0. The summed E-state index contributed by atoms with van der Waals surface area (Å²) >= 11 is 0. The van der Waals surface area contributed by atoms with Gasteiger partial charge in [0.05, 0.1) is 12.1 Å². The van der Waals surface area contributed by atoms with Gasteiger partial charge in [0.25, 0.3) is 5.91 Å². The number of rotatable bonds is 7. The molecular weight excluding hydrogens is 458 g/mol. The molecule has 3 aromatic rings. The molecule has 0 aliphatic heterocycles. The monoisotopic (exact) mass is 480 g/mol. The molecule has 0 saturated heterocycles. The van der Waals surface area contributed by atoms with Crippen LogP contribution < -0.4 is 10.6 Å². The molecule has 0 heterocycles. The second-order valence-electron chi connectivity index (χ2n) is 8.17. The number of aromatic carboxylic acids is 1. The highest BCUT2D eigenvalue weighted by Crippen LogP contribution is 2.44. The fourth-order valence-electron chi connectivity index (χ4n) is 4.12. The van der Waals surface area contributed by atoms with E-state index in [2.05, 4.69) is 0 Å². The molecule has 180 valence electrons. The van der Waals surface area contributed by atoms with Crippen LogP contribution in [-0.2, 0) is 9.53 Å². The second kappa shape index (κ2) is 9.54. The van der Waals surface area contributed by atoms with Crippen molar-refractivity contribution in [2.24, 2.45) is 0 Å². The van der Waals surface area contributed by atoms with Crippen LogP contribution in [0.15, 0.2) is 66.7 Å². The summed E-state index contributed by atoms with van der Waals surface area (Å²) in [7, 11) is 0. The van der Waals surface area contributed by atoms with Crippen molar-refractivity contribution < 1.29 is 33.0 Å². The molecule has 4 rings (SSSR count). The molecular formula is C26H22F2N2O5. The number of hydrogen-bond donors (Lipinski definition) is 3. The average molecular weight is 480 g/mol. The maximum atomic E-state index is 14.3. The highest BCUT2D eigenvalue weighted by molar-refractivity contribution is 5.97. The maximum Gasteiger partial charge on any atom is 0.407 e. The molecule has 1 aliphatic rings. The summed E-state index contributed by atoms with van der Waals surface area (Å²) in [6.45, 7) is 0.171. The van der Waals surface area contributed by atoms with E-state index in [-0.39, 0.29) is 23.8 Å². The lowest BCUT2D eigenvalue weighted by Crippen LogP contribution is -2.45. The Morgan fingerprint density at radius 3 is 2.14 bits per heavy atom. The van der Waals surface area contributed by atoms with Crippen LogP contribution in [0, 0.1) is 6.92 Å². The van der Waals surface area contributed by atoms with E-state index in [9.17, 15) is 23.2 Å². The highest BCUT2D eigenvalue weighted by atomic mass is 19.3. The number of carbonyl (C=O) groups excluding carboxylic acids is 2. The van der Waals surface area contributed by atoms with E-state index in [4.69, 9.17) is 9.84 Å². The number of benzene rings is 3. The van der Waals surface area contributed by atoms with Crippen LogP contribution in [0.2, 0.25) is 0 Å². The first-order valence-corrected chi connectivity index (χ1v) is 10.8. The summed E-state index contributed by atoms with van der Waals surface area (Å²) in [5.41, 5.74) is 4.34. The quantitative estimate of drug-likeness (QED) is 0.450. The minimum absolute atomic E-state index is 0.00770. The average Bonchev–Trinajstić information content (AvgIpc) is 3.15. The Kier molecular flexibility index (Phi) is 6.50. The van der Waals surface area contributed by atoms with Gasteiger partial charge in [-0.05, 0) is 52.9 Å². The number of carbonyl (C=O) groups is 3. The first-order valence-electron chi connectivity index (χ1n) is 10.8. The summed E-state index contributed by atoms with van der Waals surface area (Å²) < 4.78 is 33.9. The lowest BCUT2D eigenvalue weighted by molar-refractivity contribution is -0.138. The Bertz CT molecular complexity index is 1260. The summed E-state index contributed by atoms with van der Waals surface area (Å²) in [5.74, 6) is -6.96. The zero-order valence-corrected chi connectivity index (χ0v) is 18.7. The number of nitrogens with one attached hydrogen (secondary N) is 2. The fourth-order valence-corrected chi connectivity index (χ4v) is 4.12. The smallest absolute Gasteiger partial charge is 0.407 e. The SMILES string of the molecule is Cc1cc(NC(=O)C(F)(F)CNC(=O)OCC2c3ccccc3-c3ccccc32)ccc1C(=O)O. The van der Waals surface area contributed by atoms with E-state index in [1.165, 1.54) is 25.1 Å². The predicted molar refractivity (Wildman–Crippen MR) is 125 cm³/mol. The van der Waals surface area contributed by atoms with E-state index in [0.717, 1.165) is 22.3 Å². The number of anilines is 1. The van der Waals surface area contributed by atoms with Crippen LogP contribution in [-0.4, -0.2) is 42.2 Å². The van der Waals surface area contributed by atoms with Gasteiger partial charge in [-0.25, -0.2) is 9.59 Å². The van der Waals surface area contributed by atoms with Gasteiger partial charge in [-0.3, -0.25) is 4.79 Å². The van der Waals surface area contributed by atoms with Crippen molar-refractivity contribution >= 4 is 23.7 Å². The van der Waals surface area contributed by atoms with Gasteiger partial charge in [-0.2, -0.15) is 8.78 Å². The van der Waals surface area contributed by atoms with E-state index >= 15 is 0 Å². The zero-order valence-electron chi connectivity index (χ0n) is 18.7. The van der Waals surface area contributed by atoms with E-state index in [1.807, 2.05) is 59.2 Å². The molecule has 0 spiro atoms. The molecule has 3 aromatic carbocycles. The van der Waals surface area contributed by atoms with Crippen LogP contribution in [0.4, 0.5) is 19.3 Å². The number of aryl methyl sites for hydroxylation is 1. The van der Waals surface area contributed by atoms with Gasteiger partial charge in [0.1, 0.15) is 6.61 Å². The van der Waals surface area contributed by atoms with Gasteiger partial charge in [-0.1, -0.05) is 48.5 Å². The summed E-state index contributed by atoms with van der Waals surface area (Å²) in [4.78, 5) is 35.3. The number of ether oxygens (including phenoxy) is 1. The molecule has 35 heavy (non-hydrogen) atoms. The first-order chi connectivity index (χ1) is 16.7. The van der Waals surface area contributed by atoms with Crippen molar-refractivity contribution in [3.8, 4) is 11.1 Å². The number of fused-ring (bicyclic) bond motifs is 3. The fraction of sp³-hybridized carbons (Fsp3) is 0.192. The van der Waals surface area contributed by atoms with Crippen molar-refractivity contribution in [1.29, 1.82) is 0 Å². The van der Waals surface area contributed by atoms with Crippen molar-refractivity contribution in [2.75, 3.05) is 18.5 Å². The highest BCUT2D eigenvalue weighted by Gasteiger charge is 2.39. The number of hydrogen-bond acceptors (Lipinski definition) is 4. The molecule has 1 aliphatic carbocycles. The van der Waals surface area contributed by atoms with Gasteiger partial charge < -0.3 is 20.5 Å². The molecule has 3 N–H and O–H groups in total. The van der Waals surface area contributed by atoms with Crippen LogP contribution in [0.25, 0.3) is 11.1 Å². The lowest BCUT2D eigenvalue weighted by atomic mass is 9.98. The van der Waals surface area contributed by atoms with Gasteiger partial charge in [0, 0.05) is 11.6 Å². The van der Waals surface area contributed by atoms with Crippen LogP contribution in [0.3, 0.4) is 0 Å². The van der Waals surface area contributed by atoms with Gasteiger partial charge in [-0.15, -0.1) is 0 Å². The van der Waals surface area contributed by atoms with Crippen molar-refractivity contribution in [3.63, 3.8) is 0 Å². The molecule has 0 aromatic heterocycles. The molecule has 0 bridgehead atoms. The predicted octanol–water partition coefficient (Wildman–Crippen LogP) is 4.81. The minimum atomic E-state index is -3.93. The minimum Gasteiger partial charge on any atom is -0.478 e. The molecule has 0 radical (unpaired) electrons. The normalized spacial score (nSPS) is 12.4. The number of carboxylic acid groups (broad SMARTS) is 1. The number of alkyl carbamates (subject to hydrolysis) is 1.